The van der Waals surface area contributed by atoms with Crippen LogP contribution in [-0.4, -0.2) is 28.4 Å². The van der Waals surface area contributed by atoms with Crippen molar-refractivity contribution in [2.45, 2.75) is 17.4 Å². The molecule has 0 amide bonds. The second kappa shape index (κ2) is 7.24. The van der Waals surface area contributed by atoms with E-state index in [1.807, 2.05) is 0 Å². The number of furan rings is 1. The molecule has 24 heavy (non-hydrogen) atoms. The maximum absolute atomic E-state index is 12.2. The van der Waals surface area contributed by atoms with Crippen LogP contribution >= 0.6 is 0 Å². The van der Waals surface area contributed by atoms with E-state index in [4.69, 9.17) is 9.15 Å². The van der Waals surface area contributed by atoms with Crippen molar-refractivity contribution in [2.24, 2.45) is 0 Å². The van der Waals surface area contributed by atoms with Crippen molar-refractivity contribution >= 4 is 10.0 Å². The maximum Gasteiger partial charge on any atom is 0.573 e. The Morgan fingerprint density at radius 1 is 1.21 bits per heavy atom. The summed E-state index contributed by atoms with van der Waals surface area (Å²) in [4.78, 5) is -0.202. The summed E-state index contributed by atoms with van der Waals surface area (Å²) >= 11 is 0. The van der Waals surface area contributed by atoms with Crippen molar-refractivity contribution in [3.63, 3.8) is 0 Å². The zero-order valence-corrected chi connectivity index (χ0v) is 13.2. The molecular formula is C14H14F3NO5S. The van der Waals surface area contributed by atoms with Gasteiger partial charge in [0.1, 0.15) is 17.6 Å². The Hall–Kier alpha value is -2.04. The molecule has 2 rings (SSSR count). The van der Waals surface area contributed by atoms with E-state index in [9.17, 15) is 21.6 Å². The molecule has 0 spiro atoms. The smallest absolute Gasteiger partial charge is 0.467 e. The molecule has 0 bridgehead atoms. The van der Waals surface area contributed by atoms with E-state index in [1.165, 1.54) is 13.4 Å². The fourth-order valence-corrected chi connectivity index (χ4v) is 2.90. The largest absolute Gasteiger partial charge is 0.573 e. The van der Waals surface area contributed by atoms with Gasteiger partial charge < -0.3 is 13.9 Å². The van der Waals surface area contributed by atoms with Crippen molar-refractivity contribution in [1.29, 1.82) is 0 Å². The molecule has 0 aliphatic carbocycles. The Morgan fingerprint density at radius 2 is 1.88 bits per heavy atom. The van der Waals surface area contributed by atoms with Crippen molar-refractivity contribution in [3.8, 4) is 5.75 Å². The molecule has 132 valence electrons. The normalized spacial score (nSPS) is 13.7. The monoisotopic (exact) mass is 365 g/mol. The van der Waals surface area contributed by atoms with Crippen molar-refractivity contribution in [1.82, 2.24) is 4.72 Å². The number of nitrogens with one attached hydrogen (secondary N) is 1. The number of ether oxygens (including phenoxy) is 2. The minimum Gasteiger partial charge on any atom is -0.467 e. The minimum atomic E-state index is -4.84. The van der Waals surface area contributed by atoms with Crippen molar-refractivity contribution < 1.29 is 35.5 Å². The van der Waals surface area contributed by atoms with Crippen molar-refractivity contribution in [3.05, 3.63) is 48.4 Å². The number of alkyl halides is 3. The second-order valence-electron chi connectivity index (χ2n) is 4.61. The van der Waals surface area contributed by atoms with Gasteiger partial charge in [0.05, 0.1) is 11.2 Å². The van der Waals surface area contributed by atoms with Crippen molar-refractivity contribution in [2.75, 3.05) is 13.7 Å². The lowest BCUT2D eigenvalue weighted by Crippen LogP contribution is -2.29. The summed E-state index contributed by atoms with van der Waals surface area (Å²) in [6.45, 7) is -0.104. The number of rotatable bonds is 7. The average Bonchev–Trinajstić information content (AvgIpc) is 3.01. The molecule has 6 nitrogen and oxygen atoms in total. The number of halogens is 3. The van der Waals surface area contributed by atoms with Gasteiger partial charge in [-0.25, -0.2) is 13.1 Å². The van der Waals surface area contributed by atoms with Crippen LogP contribution in [0.5, 0.6) is 5.75 Å². The molecule has 10 heteroatoms. The van der Waals surface area contributed by atoms with Crippen LogP contribution in [0, 0.1) is 0 Å². The van der Waals surface area contributed by atoms with Crippen LogP contribution in [0.4, 0.5) is 13.2 Å². The number of hydrogen-bond donors (Lipinski definition) is 1. The molecule has 0 saturated carbocycles. The van der Waals surface area contributed by atoms with Gasteiger partial charge >= 0.3 is 6.36 Å². The van der Waals surface area contributed by atoms with Gasteiger partial charge in [-0.15, -0.1) is 13.2 Å². The molecule has 0 fully saturated rings. The maximum atomic E-state index is 12.2. The molecule has 0 saturated heterocycles. The van der Waals surface area contributed by atoms with Crippen LogP contribution in [0.2, 0.25) is 0 Å². The predicted octanol–water partition coefficient (Wildman–Crippen LogP) is 2.84. The Bertz CT molecular complexity index is 742. The summed E-state index contributed by atoms with van der Waals surface area (Å²) in [6.07, 6.45) is -4.05. The minimum absolute atomic E-state index is 0.104. The standard InChI is InChI=1S/C14H14F3NO5S/c1-21-13(12-3-2-8-22-12)9-18-24(19,20)11-6-4-10(5-7-11)23-14(15,16)17/h2-8,13,18H,9H2,1H3. The van der Waals surface area contributed by atoms with Gasteiger partial charge in [-0.05, 0) is 36.4 Å². The van der Waals surface area contributed by atoms with Gasteiger partial charge in [-0.1, -0.05) is 0 Å². The highest BCUT2D eigenvalue weighted by molar-refractivity contribution is 7.89. The Morgan fingerprint density at radius 3 is 2.38 bits per heavy atom. The topological polar surface area (TPSA) is 77.8 Å². The SMILES string of the molecule is COC(CNS(=O)(=O)c1ccc(OC(F)(F)F)cc1)c1ccco1. The van der Waals surface area contributed by atoms with Gasteiger partial charge in [-0.2, -0.15) is 0 Å². The third-order valence-corrected chi connectivity index (χ3v) is 4.41. The van der Waals surface area contributed by atoms with E-state index in [1.54, 1.807) is 12.1 Å². The highest BCUT2D eigenvalue weighted by atomic mass is 32.2. The molecule has 0 radical (unpaired) electrons. The summed E-state index contributed by atoms with van der Waals surface area (Å²) in [5.74, 6) is -0.0686. The third-order valence-electron chi connectivity index (χ3n) is 2.97. The molecule has 1 aromatic heterocycles. The highest BCUT2D eigenvalue weighted by Crippen LogP contribution is 2.24. The molecule has 1 heterocycles. The summed E-state index contributed by atoms with van der Waals surface area (Å²) in [5.41, 5.74) is 0. The van der Waals surface area contributed by atoms with E-state index >= 15 is 0 Å². The lowest BCUT2D eigenvalue weighted by molar-refractivity contribution is -0.274. The van der Waals surface area contributed by atoms with E-state index in [2.05, 4.69) is 9.46 Å². The molecule has 2 aromatic rings. The fraction of sp³-hybridized carbons (Fsp3) is 0.286. The molecule has 0 aliphatic heterocycles. The lowest BCUT2D eigenvalue weighted by Gasteiger charge is -2.14. The van der Waals surface area contributed by atoms with Gasteiger partial charge in [0.2, 0.25) is 10.0 Å². The van der Waals surface area contributed by atoms with Crippen LogP contribution in [0.3, 0.4) is 0 Å². The molecular weight excluding hydrogens is 351 g/mol. The molecule has 1 N–H and O–H groups in total. The zero-order valence-electron chi connectivity index (χ0n) is 12.4. The second-order valence-corrected chi connectivity index (χ2v) is 6.38. The highest BCUT2D eigenvalue weighted by Gasteiger charge is 2.31. The summed E-state index contributed by atoms with van der Waals surface area (Å²) < 4.78 is 76.8. The van der Waals surface area contributed by atoms with Gasteiger partial charge in [0.25, 0.3) is 0 Å². The first-order chi connectivity index (χ1) is 11.2. The number of methoxy groups -OCH3 is 1. The average molecular weight is 365 g/mol. The van der Waals surface area contributed by atoms with Crippen LogP contribution < -0.4 is 9.46 Å². The molecule has 1 aromatic carbocycles. The molecule has 1 unspecified atom stereocenters. The van der Waals surface area contributed by atoms with Gasteiger partial charge in [0, 0.05) is 13.7 Å². The lowest BCUT2D eigenvalue weighted by atomic mass is 10.3. The molecule has 0 aliphatic rings. The van der Waals surface area contributed by atoms with Gasteiger partial charge in [0.15, 0.2) is 0 Å². The van der Waals surface area contributed by atoms with Crippen LogP contribution in [0.25, 0.3) is 0 Å². The summed E-state index contributed by atoms with van der Waals surface area (Å²) in [6, 6.07) is 7.13. The zero-order chi connectivity index (χ0) is 17.8. The Balaban J connectivity index is 2.04. The van der Waals surface area contributed by atoms with E-state index in [0.717, 1.165) is 24.3 Å². The number of benzene rings is 1. The predicted molar refractivity (Wildman–Crippen MR) is 76.8 cm³/mol. The first kappa shape index (κ1) is 18.3. The Kier molecular flexibility index (Phi) is 5.52. The number of hydrogen-bond acceptors (Lipinski definition) is 5. The summed E-state index contributed by atoms with van der Waals surface area (Å²) in [5, 5.41) is 0. The first-order valence-electron chi connectivity index (χ1n) is 6.63. The third kappa shape index (κ3) is 4.98. The van der Waals surface area contributed by atoms with Gasteiger partial charge in [-0.3, -0.25) is 0 Å². The summed E-state index contributed by atoms with van der Waals surface area (Å²) in [7, 11) is -2.53. The van der Waals surface area contributed by atoms with Crippen LogP contribution in [0.15, 0.2) is 52.0 Å². The van der Waals surface area contributed by atoms with E-state index in [0.29, 0.717) is 5.76 Å². The quantitative estimate of drug-likeness (QED) is 0.816. The number of sulfonamides is 1. The van der Waals surface area contributed by atoms with Crippen LogP contribution in [0.1, 0.15) is 11.9 Å². The van der Waals surface area contributed by atoms with Crippen LogP contribution in [-0.2, 0) is 14.8 Å². The van der Waals surface area contributed by atoms with E-state index < -0.39 is 28.2 Å². The fourth-order valence-electron chi connectivity index (χ4n) is 1.86. The van der Waals surface area contributed by atoms with E-state index in [-0.39, 0.29) is 11.4 Å². The Labute approximate surface area is 136 Å². The molecule has 1 atom stereocenters. The first-order valence-corrected chi connectivity index (χ1v) is 8.11.